The molecule has 0 aliphatic heterocycles. The van der Waals surface area contributed by atoms with Gasteiger partial charge in [0, 0.05) is 5.92 Å². The maximum absolute atomic E-state index is 12.2. The molecule has 0 saturated heterocycles. The molecule has 112 valence electrons. The number of carbonyl (C=O) groups is 1. The summed E-state index contributed by atoms with van der Waals surface area (Å²) in [4.78, 5) is 12.2. The van der Waals surface area contributed by atoms with Gasteiger partial charge in [0.15, 0.2) is 0 Å². The minimum Gasteiger partial charge on any atom is -0.273 e. The molecule has 1 N–H and O–H groups in total. The van der Waals surface area contributed by atoms with Crippen LogP contribution in [-0.2, 0) is 4.79 Å². The molecule has 2 aromatic carbocycles. The molecule has 2 atom stereocenters. The second-order valence-electron chi connectivity index (χ2n) is 5.90. The number of hydrogen-bond donors (Lipinski definition) is 1. The summed E-state index contributed by atoms with van der Waals surface area (Å²) in [5, 5.41) is 4.24. The molecule has 0 unspecified atom stereocenters. The van der Waals surface area contributed by atoms with Crippen LogP contribution in [0.1, 0.15) is 36.0 Å². The fourth-order valence-corrected chi connectivity index (χ4v) is 2.71. The number of hydrazone groups is 1. The van der Waals surface area contributed by atoms with Crippen LogP contribution in [0.3, 0.4) is 0 Å². The highest BCUT2D eigenvalue weighted by Crippen LogP contribution is 2.47. The van der Waals surface area contributed by atoms with Crippen LogP contribution in [0.4, 0.5) is 0 Å². The molecular formula is C19H20N2O. The number of nitrogens with zero attached hydrogens (tertiary/aromatic N) is 1. The van der Waals surface area contributed by atoms with Crippen LogP contribution in [0.5, 0.6) is 0 Å². The van der Waals surface area contributed by atoms with E-state index in [2.05, 4.69) is 28.7 Å². The third kappa shape index (κ3) is 3.25. The summed E-state index contributed by atoms with van der Waals surface area (Å²) in [5.74, 6) is 0.410. The Bertz CT molecular complexity index is 706. The third-order valence-corrected chi connectivity index (χ3v) is 4.12. The SMILES string of the molecule is C/C(=N/NC(=O)[C@H]1C[C@@H]1c1ccccc1)c1cccc(C)c1. The van der Waals surface area contributed by atoms with E-state index in [1.54, 1.807) is 0 Å². The lowest BCUT2D eigenvalue weighted by atomic mass is 10.1. The van der Waals surface area contributed by atoms with Crippen molar-refractivity contribution in [2.45, 2.75) is 26.2 Å². The molecule has 0 radical (unpaired) electrons. The predicted molar refractivity (Wildman–Crippen MR) is 88.8 cm³/mol. The molecule has 0 aromatic heterocycles. The minimum atomic E-state index is 0.0147. The molecule has 1 amide bonds. The van der Waals surface area contributed by atoms with E-state index in [4.69, 9.17) is 0 Å². The van der Waals surface area contributed by atoms with Crippen LogP contribution in [0.15, 0.2) is 59.7 Å². The Morgan fingerprint density at radius 1 is 1.14 bits per heavy atom. The molecule has 1 aliphatic carbocycles. The molecule has 22 heavy (non-hydrogen) atoms. The Morgan fingerprint density at radius 3 is 2.64 bits per heavy atom. The molecule has 3 nitrogen and oxygen atoms in total. The van der Waals surface area contributed by atoms with Gasteiger partial charge in [0.2, 0.25) is 5.91 Å². The molecule has 2 aromatic rings. The molecule has 1 aliphatic rings. The van der Waals surface area contributed by atoms with E-state index in [0.717, 1.165) is 17.7 Å². The summed E-state index contributed by atoms with van der Waals surface area (Å²) in [6.45, 7) is 3.96. The smallest absolute Gasteiger partial charge is 0.243 e. The Kier molecular flexibility index (Phi) is 4.05. The average molecular weight is 292 g/mol. The maximum Gasteiger partial charge on any atom is 0.243 e. The minimum absolute atomic E-state index is 0.0147. The van der Waals surface area contributed by atoms with Crippen LogP contribution < -0.4 is 5.43 Å². The van der Waals surface area contributed by atoms with Gasteiger partial charge in [-0.2, -0.15) is 5.10 Å². The zero-order valence-corrected chi connectivity index (χ0v) is 12.9. The standard InChI is InChI=1S/C19H20N2O/c1-13-7-6-10-16(11-13)14(2)20-21-19(22)18-12-17(18)15-8-4-3-5-9-15/h3-11,17-18H,12H2,1-2H3,(H,21,22)/b20-14-/t17-,18+/m1/s1. The second-order valence-corrected chi connectivity index (χ2v) is 5.90. The normalized spacial score (nSPS) is 20.5. The summed E-state index contributed by atoms with van der Waals surface area (Å²) in [7, 11) is 0. The van der Waals surface area contributed by atoms with Crippen molar-refractivity contribution >= 4 is 11.6 Å². The van der Waals surface area contributed by atoms with Crippen molar-refractivity contribution in [2.75, 3.05) is 0 Å². The molecule has 1 fully saturated rings. The number of aryl methyl sites for hydroxylation is 1. The van der Waals surface area contributed by atoms with E-state index in [0.29, 0.717) is 5.92 Å². The number of benzene rings is 2. The van der Waals surface area contributed by atoms with Gasteiger partial charge in [0.05, 0.1) is 5.71 Å². The Labute approximate surface area is 131 Å². The highest BCUT2D eigenvalue weighted by Gasteiger charge is 2.43. The van der Waals surface area contributed by atoms with Crippen LogP contribution in [0, 0.1) is 12.8 Å². The van der Waals surface area contributed by atoms with Gasteiger partial charge < -0.3 is 0 Å². The Morgan fingerprint density at radius 2 is 1.91 bits per heavy atom. The fourth-order valence-electron chi connectivity index (χ4n) is 2.71. The number of carbonyl (C=O) groups excluding carboxylic acids is 1. The van der Waals surface area contributed by atoms with E-state index in [1.165, 1.54) is 11.1 Å². The zero-order valence-electron chi connectivity index (χ0n) is 12.9. The Balaban J connectivity index is 1.60. The topological polar surface area (TPSA) is 41.5 Å². The van der Waals surface area contributed by atoms with E-state index in [1.807, 2.05) is 50.2 Å². The maximum atomic E-state index is 12.2. The summed E-state index contributed by atoms with van der Waals surface area (Å²) in [6.07, 6.45) is 0.912. The monoisotopic (exact) mass is 292 g/mol. The van der Waals surface area contributed by atoms with Crippen LogP contribution in [-0.4, -0.2) is 11.6 Å². The van der Waals surface area contributed by atoms with E-state index < -0.39 is 0 Å². The predicted octanol–water partition coefficient (Wildman–Crippen LogP) is 3.64. The summed E-state index contributed by atoms with van der Waals surface area (Å²) >= 11 is 0. The lowest BCUT2D eigenvalue weighted by Crippen LogP contribution is -2.21. The van der Waals surface area contributed by atoms with Gasteiger partial charge in [-0.3, -0.25) is 4.79 Å². The number of amides is 1. The average Bonchev–Trinajstić information content (AvgIpc) is 3.34. The van der Waals surface area contributed by atoms with Gasteiger partial charge in [-0.05, 0) is 37.3 Å². The van der Waals surface area contributed by atoms with Crippen molar-refractivity contribution in [3.8, 4) is 0 Å². The van der Waals surface area contributed by atoms with Gasteiger partial charge in [-0.15, -0.1) is 0 Å². The summed E-state index contributed by atoms with van der Waals surface area (Å²) < 4.78 is 0. The second kappa shape index (κ2) is 6.14. The first-order valence-electron chi connectivity index (χ1n) is 7.61. The van der Waals surface area contributed by atoms with Gasteiger partial charge in [-0.1, -0.05) is 60.2 Å². The first-order chi connectivity index (χ1) is 10.6. The van der Waals surface area contributed by atoms with Crippen molar-refractivity contribution in [1.29, 1.82) is 0 Å². The first-order valence-corrected chi connectivity index (χ1v) is 7.61. The number of rotatable bonds is 4. The van der Waals surface area contributed by atoms with Crippen molar-refractivity contribution in [2.24, 2.45) is 11.0 Å². The van der Waals surface area contributed by atoms with Crippen molar-refractivity contribution < 1.29 is 4.79 Å². The zero-order chi connectivity index (χ0) is 15.5. The number of hydrogen-bond acceptors (Lipinski definition) is 2. The highest BCUT2D eigenvalue weighted by atomic mass is 16.2. The van der Waals surface area contributed by atoms with Crippen LogP contribution in [0.2, 0.25) is 0 Å². The van der Waals surface area contributed by atoms with Gasteiger partial charge in [-0.25, -0.2) is 5.43 Å². The molecule has 0 spiro atoms. The largest absolute Gasteiger partial charge is 0.273 e. The van der Waals surface area contributed by atoms with Crippen LogP contribution in [0.25, 0.3) is 0 Å². The van der Waals surface area contributed by atoms with Crippen LogP contribution >= 0.6 is 0 Å². The molecule has 1 saturated carbocycles. The van der Waals surface area contributed by atoms with Gasteiger partial charge in [0.25, 0.3) is 0 Å². The highest BCUT2D eigenvalue weighted by molar-refractivity contribution is 5.99. The van der Waals surface area contributed by atoms with E-state index >= 15 is 0 Å². The van der Waals surface area contributed by atoms with E-state index in [-0.39, 0.29) is 11.8 Å². The van der Waals surface area contributed by atoms with Crippen molar-refractivity contribution in [3.05, 3.63) is 71.3 Å². The molecule has 0 bridgehead atoms. The molecule has 0 heterocycles. The quantitative estimate of drug-likeness (QED) is 0.678. The van der Waals surface area contributed by atoms with Gasteiger partial charge >= 0.3 is 0 Å². The van der Waals surface area contributed by atoms with Crippen molar-refractivity contribution in [1.82, 2.24) is 5.43 Å². The molecular weight excluding hydrogens is 272 g/mol. The van der Waals surface area contributed by atoms with E-state index in [9.17, 15) is 4.79 Å². The molecule has 3 rings (SSSR count). The summed E-state index contributed by atoms with van der Waals surface area (Å²) in [5.41, 5.74) is 7.00. The van der Waals surface area contributed by atoms with Crippen molar-refractivity contribution in [3.63, 3.8) is 0 Å². The Hall–Kier alpha value is -2.42. The fraction of sp³-hybridized carbons (Fsp3) is 0.263. The lowest BCUT2D eigenvalue weighted by molar-refractivity contribution is -0.122. The number of nitrogens with one attached hydrogen (secondary N) is 1. The van der Waals surface area contributed by atoms with Gasteiger partial charge in [0.1, 0.15) is 0 Å². The molecule has 3 heteroatoms. The summed E-state index contributed by atoms with van der Waals surface area (Å²) in [6, 6.07) is 18.3. The third-order valence-electron chi connectivity index (χ3n) is 4.12. The lowest BCUT2D eigenvalue weighted by Gasteiger charge is -2.04. The first kappa shape index (κ1) is 14.5.